The molecule has 0 amide bonds. The lowest BCUT2D eigenvalue weighted by atomic mass is 9.93. The van der Waals surface area contributed by atoms with Crippen LogP contribution in [0.3, 0.4) is 0 Å². The maximum atomic E-state index is 4.53. The number of imidazole rings is 1. The molecule has 0 aliphatic carbocycles. The lowest BCUT2D eigenvalue weighted by Gasteiger charge is -2.15. The Hall–Kier alpha value is -2.94. The Morgan fingerprint density at radius 2 is 1.93 bits per heavy atom. The van der Waals surface area contributed by atoms with Gasteiger partial charge in [0.1, 0.15) is 12.9 Å². The van der Waals surface area contributed by atoms with E-state index in [1.165, 1.54) is 50.1 Å². The molecular formula is C26H28N3+. The van der Waals surface area contributed by atoms with Crippen molar-refractivity contribution >= 4 is 10.9 Å². The summed E-state index contributed by atoms with van der Waals surface area (Å²) in [6, 6.07) is 13.7. The number of hydrogen-bond acceptors (Lipinski definition) is 1. The molecule has 0 unspecified atom stereocenters. The molecule has 0 N–H and O–H groups in total. The summed E-state index contributed by atoms with van der Waals surface area (Å²) in [6.07, 6.45) is 6.00. The second-order valence-corrected chi connectivity index (χ2v) is 8.80. The highest BCUT2D eigenvalue weighted by Gasteiger charge is 2.26. The average molecular weight is 383 g/mol. The molecule has 0 saturated carbocycles. The largest absolute Gasteiger partial charge is 0.303 e. The minimum atomic E-state index is 0.651. The first-order valence-corrected chi connectivity index (χ1v) is 10.5. The van der Waals surface area contributed by atoms with Crippen LogP contribution in [0.15, 0.2) is 48.8 Å². The SMILES string of the molecule is Cc1c(-c2ccc3c(CC(C)C)cccc3[n+]2C)cc2c(c1C)-n1ccnc1C2. The van der Waals surface area contributed by atoms with Gasteiger partial charge in [-0.2, -0.15) is 4.57 Å². The van der Waals surface area contributed by atoms with Crippen molar-refractivity contribution in [1.29, 1.82) is 0 Å². The molecule has 0 atom stereocenters. The van der Waals surface area contributed by atoms with Gasteiger partial charge in [0, 0.05) is 41.9 Å². The fourth-order valence-electron chi connectivity index (χ4n) is 4.92. The molecule has 0 saturated heterocycles. The molecule has 0 radical (unpaired) electrons. The van der Waals surface area contributed by atoms with Gasteiger partial charge in [-0.15, -0.1) is 0 Å². The zero-order chi connectivity index (χ0) is 20.3. The number of aromatic nitrogens is 3. The van der Waals surface area contributed by atoms with E-state index in [4.69, 9.17) is 0 Å². The Morgan fingerprint density at radius 1 is 1.10 bits per heavy atom. The van der Waals surface area contributed by atoms with E-state index in [2.05, 4.69) is 91.5 Å². The maximum Gasteiger partial charge on any atom is 0.213 e. The second kappa shape index (κ2) is 6.55. The van der Waals surface area contributed by atoms with Crippen molar-refractivity contribution in [3.63, 3.8) is 0 Å². The number of pyridine rings is 1. The van der Waals surface area contributed by atoms with Gasteiger partial charge >= 0.3 is 0 Å². The highest BCUT2D eigenvalue weighted by Crippen LogP contribution is 2.36. The topological polar surface area (TPSA) is 21.7 Å². The Balaban J connectivity index is 1.70. The molecular weight excluding hydrogens is 354 g/mol. The predicted molar refractivity (Wildman–Crippen MR) is 119 cm³/mol. The summed E-state index contributed by atoms with van der Waals surface area (Å²) in [5, 5.41) is 1.36. The Bertz CT molecular complexity index is 1260. The fourth-order valence-corrected chi connectivity index (χ4v) is 4.92. The van der Waals surface area contributed by atoms with Crippen molar-refractivity contribution in [2.24, 2.45) is 13.0 Å². The van der Waals surface area contributed by atoms with Gasteiger partial charge in [-0.1, -0.05) is 26.0 Å². The molecule has 4 aromatic rings. The molecule has 146 valence electrons. The van der Waals surface area contributed by atoms with E-state index in [-0.39, 0.29) is 0 Å². The van der Waals surface area contributed by atoms with Crippen molar-refractivity contribution in [2.75, 3.05) is 0 Å². The number of rotatable bonds is 3. The zero-order valence-corrected chi connectivity index (χ0v) is 18.0. The summed E-state index contributed by atoms with van der Waals surface area (Å²) in [4.78, 5) is 4.53. The van der Waals surface area contributed by atoms with Crippen molar-refractivity contribution in [2.45, 2.75) is 40.5 Å². The van der Waals surface area contributed by atoms with Crippen LogP contribution < -0.4 is 4.57 Å². The number of aryl methyl sites for hydroxylation is 1. The van der Waals surface area contributed by atoms with E-state index in [0.29, 0.717) is 5.92 Å². The van der Waals surface area contributed by atoms with Crippen LogP contribution in [0.1, 0.15) is 41.9 Å². The van der Waals surface area contributed by atoms with Gasteiger partial charge in [-0.05, 0) is 60.6 Å². The zero-order valence-electron chi connectivity index (χ0n) is 18.0. The summed E-state index contributed by atoms with van der Waals surface area (Å²) in [5.74, 6) is 1.79. The van der Waals surface area contributed by atoms with Gasteiger partial charge in [0.15, 0.2) is 0 Å². The molecule has 0 spiro atoms. The summed E-state index contributed by atoms with van der Waals surface area (Å²) < 4.78 is 4.61. The first kappa shape index (κ1) is 18.1. The summed E-state index contributed by atoms with van der Waals surface area (Å²) >= 11 is 0. The van der Waals surface area contributed by atoms with E-state index >= 15 is 0 Å². The van der Waals surface area contributed by atoms with Crippen LogP contribution >= 0.6 is 0 Å². The second-order valence-electron chi connectivity index (χ2n) is 8.80. The maximum absolute atomic E-state index is 4.53. The molecule has 1 aliphatic rings. The van der Waals surface area contributed by atoms with E-state index < -0.39 is 0 Å². The quantitative estimate of drug-likeness (QED) is 0.391. The van der Waals surface area contributed by atoms with Crippen molar-refractivity contribution < 1.29 is 4.57 Å². The van der Waals surface area contributed by atoms with Crippen molar-refractivity contribution in [3.05, 3.63) is 76.9 Å². The van der Waals surface area contributed by atoms with Crippen LogP contribution in [0, 0.1) is 19.8 Å². The molecule has 2 aromatic carbocycles. The van der Waals surface area contributed by atoms with Crippen molar-refractivity contribution in [1.82, 2.24) is 9.55 Å². The van der Waals surface area contributed by atoms with Gasteiger partial charge < -0.3 is 4.57 Å². The Labute approximate surface area is 172 Å². The van der Waals surface area contributed by atoms with Crippen LogP contribution in [0.2, 0.25) is 0 Å². The lowest BCUT2D eigenvalue weighted by Crippen LogP contribution is -2.32. The van der Waals surface area contributed by atoms with E-state index in [0.717, 1.165) is 18.7 Å². The van der Waals surface area contributed by atoms with Gasteiger partial charge in [-0.25, -0.2) is 4.98 Å². The summed E-state index contributed by atoms with van der Waals surface area (Å²) in [6.45, 7) is 9.07. The monoisotopic (exact) mass is 382 g/mol. The molecule has 29 heavy (non-hydrogen) atoms. The van der Waals surface area contributed by atoms with Crippen LogP contribution in [-0.2, 0) is 19.9 Å². The lowest BCUT2D eigenvalue weighted by molar-refractivity contribution is -0.633. The van der Waals surface area contributed by atoms with Crippen LogP contribution in [0.4, 0.5) is 0 Å². The minimum Gasteiger partial charge on any atom is -0.303 e. The molecule has 3 heteroatoms. The smallest absolute Gasteiger partial charge is 0.213 e. The van der Waals surface area contributed by atoms with Gasteiger partial charge in [0.2, 0.25) is 11.2 Å². The average Bonchev–Trinajstić information content (AvgIpc) is 3.26. The normalized spacial score (nSPS) is 12.6. The molecule has 3 heterocycles. The fraction of sp³-hybridized carbons (Fsp3) is 0.308. The highest BCUT2D eigenvalue weighted by molar-refractivity contribution is 5.82. The van der Waals surface area contributed by atoms with Crippen LogP contribution in [-0.4, -0.2) is 9.55 Å². The van der Waals surface area contributed by atoms with E-state index in [1.54, 1.807) is 0 Å². The predicted octanol–water partition coefficient (Wildman–Crippen LogP) is 5.24. The van der Waals surface area contributed by atoms with Gasteiger partial charge in [0.25, 0.3) is 0 Å². The third-order valence-electron chi connectivity index (χ3n) is 6.46. The summed E-state index contributed by atoms with van der Waals surface area (Å²) in [5.41, 5.74) is 10.7. The molecule has 0 bridgehead atoms. The Kier molecular flexibility index (Phi) is 4.09. The number of hydrogen-bond donors (Lipinski definition) is 0. The highest BCUT2D eigenvalue weighted by atomic mass is 15.1. The van der Waals surface area contributed by atoms with Crippen LogP contribution in [0.25, 0.3) is 27.8 Å². The molecule has 3 nitrogen and oxygen atoms in total. The first-order valence-electron chi connectivity index (χ1n) is 10.5. The first-order chi connectivity index (χ1) is 14.0. The molecule has 1 aliphatic heterocycles. The number of nitrogens with zero attached hydrogens (tertiary/aromatic N) is 3. The third kappa shape index (κ3) is 2.71. The number of fused-ring (bicyclic) bond motifs is 4. The van der Waals surface area contributed by atoms with Crippen molar-refractivity contribution in [3.8, 4) is 16.9 Å². The van der Waals surface area contributed by atoms with Gasteiger partial charge in [-0.3, -0.25) is 0 Å². The third-order valence-corrected chi connectivity index (χ3v) is 6.46. The standard InChI is InChI=1S/C26H28N3/c1-16(2)13-19-7-6-8-23-21(19)9-10-24(28(23)5)22-14-20-15-25-27-11-12-29(25)26(20)18(4)17(22)3/h6-12,14,16H,13,15H2,1-5H3/q+1. The molecule has 2 aromatic heterocycles. The van der Waals surface area contributed by atoms with E-state index in [9.17, 15) is 0 Å². The Morgan fingerprint density at radius 3 is 2.72 bits per heavy atom. The summed E-state index contributed by atoms with van der Waals surface area (Å²) in [7, 11) is 2.20. The molecule has 5 rings (SSSR count). The van der Waals surface area contributed by atoms with Gasteiger partial charge in [0.05, 0.1) is 5.69 Å². The minimum absolute atomic E-state index is 0.651. The van der Waals surface area contributed by atoms with Crippen LogP contribution in [0.5, 0.6) is 0 Å². The van der Waals surface area contributed by atoms with E-state index in [1.807, 2.05) is 6.20 Å². The number of benzene rings is 2. The molecule has 0 fully saturated rings.